The zero-order valence-electron chi connectivity index (χ0n) is 31.1. The SMILES string of the molecule is CN1CCN(c2ccc(-c3ccc(C[C@H](NC(=O)C4CCC(CNC(=O)OC(C)(C)C)CC4)C(=O)Nc4ccc(-c5nn[nH]n5)cc4)cc3)cc2)CC1. The van der Waals surface area contributed by atoms with E-state index < -0.39 is 17.7 Å². The maximum Gasteiger partial charge on any atom is 0.407 e. The first-order valence-electron chi connectivity index (χ1n) is 18.5. The topological polar surface area (TPSA) is 157 Å². The van der Waals surface area contributed by atoms with Gasteiger partial charge in [0.1, 0.15) is 11.6 Å². The van der Waals surface area contributed by atoms with Gasteiger partial charge in [-0.2, -0.15) is 5.21 Å². The van der Waals surface area contributed by atoms with Gasteiger partial charge in [-0.1, -0.05) is 36.4 Å². The molecule has 1 saturated heterocycles. The molecule has 0 bridgehead atoms. The lowest BCUT2D eigenvalue weighted by Gasteiger charge is -2.34. The van der Waals surface area contributed by atoms with Crippen LogP contribution in [0.15, 0.2) is 72.8 Å². The third-order valence-corrected chi connectivity index (χ3v) is 10.0. The minimum atomic E-state index is -0.792. The van der Waals surface area contributed by atoms with Crippen molar-refractivity contribution in [2.75, 3.05) is 50.0 Å². The first-order chi connectivity index (χ1) is 25.5. The van der Waals surface area contributed by atoms with Crippen molar-refractivity contribution in [3.05, 3.63) is 78.4 Å². The molecule has 2 heterocycles. The summed E-state index contributed by atoms with van der Waals surface area (Å²) < 4.78 is 5.36. The summed E-state index contributed by atoms with van der Waals surface area (Å²) in [5.41, 5.74) is 5.18. The van der Waals surface area contributed by atoms with Gasteiger partial charge in [0.25, 0.3) is 0 Å². The molecule has 1 saturated carbocycles. The van der Waals surface area contributed by atoms with Crippen LogP contribution in [0.3, 0.4) is 0 Å². The van der Waals surface area contributed by atoms with Gasteiger partial charge in [0.2, 0.25) is 17.6 Å². The number of likely N-dealkylation sites (N-methyl/N-ethyl adjacent to an activating group) is 1. The summed E-state index contributed by atoms with van der Waals surface area (Å²) in [6.45, 7) is 10.2. The minimum Gasteiger partial charge on any atom is -0.444 e. The van der Waals surface area contributed by atoms with Crippen molar-refractivity contribution >= 4 is 29.3 Å². The van der Waals surface area contributed by atoms with E-state index in [1.165, 1.54) is 5.69 Å². The fraction of sp³-hybridized carbons (Fsp3) is 0.450. The average molecular weight is 722 g/mol. The lowest BCUT2D eigenvalue weighted by Crippen LogP contribution is -2.48. The normalized spacial score (nSPS) is 18.5. The molecule has 3 amide bonds. The number of carbonyl (C=O) groups excluding carboxylic acids is 3. The van der Waals surface area contributed by atoms with Crippen molar-refractivity contribution in [3.8, 4) is 22.5 Å². The van der Waals surface area contributed by atoms with Crippen LogP contribution < -0.4 is 20.9 Å². The molecular formula is C40H51N9O4. The number of H-pyrrole nitrogens is 1. The molecule has 2 fully saturated rings. The number of tetrazole rings is 1. The fourth-order valence-electron chi connectivity index (χ4n) is 6.88. The maximum absolute atomic E-state index is 13.8. The number of hydrogen-bond donors (Lipinski definition) is 4. The van der Waals surface area contributed by atoms with E-state index in [2.05, 4.69) is 89.8 Å². The van der Waals surface area contributed by atoms with Gasteiger partial charge in [-0.3, -0.25) is 9.59 Å². The Kier molecular flexibility index (Phi) is 12.0. The Hall–Kier alpha value is -5.30. The van der Waals surface area contributed by atoms with E-state index in [4.69, 9.17) is 4.74 Å². The minimum absolute atomic E-state index is 0.131. The van der Waals surface area contributed by atoms with Crippen LogP contribution in [0.25, 0.3) is 22.5 Å². The highest BCUT2D eigenvalue weighted by Crippen LogP contribution is 2.29. The second-order valence-electron chi connectivity index (χ2n) is 15.2. The van der Waals surface area contributed by atoms with E-state index in [1.54, 1.807) is 24.3 Å². The molecule has 3 aromatic carbocycles. The molecule has 4 N–H and O–H groups in total. The van der Waals surface area contributed by atoms with Crippen LogP contribution in [-0.2, 0) is 20.7 Å². The molecule has 1 atom stereocenters. The van der Waals surface area contributed by atoms with E-state index in [0.717, 1.165) is 61.3 Å². The van der Waals surface area contributed by atoms with Crippen molar-refractivity contribution in [1.29, 1.82) is 0 Å². The molecule has 0 unspecified atom stereocenters. The van der Waals surface area contributed by atoms with Gasteiger partial charge in [-0.05, 0) is 118 Å². The number of nitrogens with one attached hydrogen (secondary N) is 4. The Balaban J connectivity index is 1.09. The highest BCUT2D eigenvalue weighted by molar-refractivity contribution is 5.97. The summed E-state index contributed by atoms with van der Waals surface area (Å²) in [5.74, 6) is 0.0755. The Bertz CT molecular complexity index is 1790. The number of alkyl carbamates (subject to hydrolysis) is 1. The monoisotopic (exact) mass is 721 g/mol. The molecular weight excluding hydrogens is 670 g/mol. The van der Waals surface area contributed by atoms with Crippen molar-refractivity contribution in [3.63, 3.8) is 0 Å². The van der Waals surface area contributed by atoms with E-state index >= 15 is 0 Å². The second kappa shape index (κ2) is 17.0. The van der Waals surface area contributed by atoms with Crippen molar-refractivity contribution in [2.24, 2.45) is 11.8 Å². The number of benzene rings is 3. The van der Waals surface area contributed by atoms with E-state index in [1.807, 2.05) is 32.9 Å². The molecule has 1 aromatic heterocycles. The number of nitrogens with zero attached hydrogens (tertiary/aromatic N) is 5. The molecule has 0 spiro atoms. The van der Waals surface area contributed by atoms with Gasteiger partial charge >= 0.3 is 6.09 Å². The predicted octanol–water partition coefficient (Wildman–Crippen LogP) is 5.28. The highest BCUT2D eigenvalue weighted by atomic mass is 16.6. The first-order valence-corrected chi connectivity index (χ1v) is 18.5. The molecule has 1 aliphatic carbocycles. The maximum atomic E-state index is 13.8. The van der Waals surface area contributed by atoms with E-state index in [-0.39, 0.29) is 23.7 Å². The average Bonchev–Trinajstić information content (AvgIpc) is 3.70. The Morgan fingerprint density at radius 3 is 2.08 bits per heavy atom. The van der Waals surface area contributed by atoms with Crippen LogP contribution >= 0.6 is 0 Å². The summed E-state index contributed by atoms with van der Waals surface area (Å²) >= 11 is 0. The number of carbonyl (C=O) groups is 3. The number of amides is 3. The summed E-state index contributed by atoms with van der Waals surface area (Å²) in [6, 6.07) is 23.3. The number of hydrogen-bond acceptors (Lipinski definition) is 9. The van der Waals surface area contributed by atoms with Gasteiger partial charge in [-0.15, -0.1) is 10.2 Å². The summed E-state index contributed by atoms with van der Waals surface area (Å²) in [6.07, 6.45) is 2.87. The quantitative estimate of drug-likeness (QED) is 0.162. The first kappa shape index (κ1) is 37.5. The molecule has 13 nitrogen and oxygen atoms in total. The smallest absolute Gasteiger partial charge is 0.407 e. The van der Waals surface area contributed by atoms with Gasteiger partial charge in [0, 0.05) is 62.0 Å². The predicted molar refractivity (Wildman–Crippen MR) is 205 cm³/mol. The second-order valence-corrected chi connectivity index (χ2v) is 15.2. The van der Waals surface area contributed by atoms with Crippen LogP contribution in [0.2, 0.25) is 0 Å². The standard InChI is InChI=1S/C40H51N9O4/c1-40(2,3)53-39(52)41-26-28-7-11-32(12-8-28)37(50)43-35(38(51)42-33-17-13-31(14-18-33)36-44-46-47-45-36)25-27-5-9-29(10-6-27)30-15-19-34(20-16-30)49-23-21-48(4)22-24-49/h5-6,9-10,13-20,28,32,35H,7-8,11-12,21-26H2,1-4H3,(H,41,52)(H,42,51)(H,43,50)(H,44,45,46,47)/t28?,32?,35-/m0/s1. The van der Waals surface area contributed by atoms with Gasteiger partial charge < -0.3 is 30.5 Å². The molecule has 6 rings (SSSR count). The Labute approximate surface area is 311 Å². The summed E-state index contributed by atoms with van der Waals surface area (Å²) in [7, 11) is 2.16. The van der Waals surface area contributed by atoms with Crippen molar-refractivity contribution in [2.45, 2.75) is 64.5 Å². The zero-order valence-corrected chi connectivity index (χ0v) is 31.1. The van der Waals surface area contributed by atoms with Crippen LogP contribution in [0, 0.1) is 11.8 Å². The van der Waals surface area contributed by atoms with E-state index in [0.29, 0.717) is 37.3 Å². The highest BCUT2D eigenvalue weighted by Gasteiger charge is 2.30. The van der Waals surface area contributed by atoms with Gasteiger partial charge in [-0.25, -0.2) is 4.79 Å². The van der Waals surface area contributed by atoms with Crippen LogP contribution in [0.4, 0.5) is 16.2 Å². The van der Waals surface area contributed by atoms with Gasteiger partial charge in [0.15, 0.2) is 0 Å². The fourth-order valence-corrected chi connectivity index (χ4v) is 6.88. The van der Waals surface area contributed by atoms with Crippen LogP contribution in [-0.4, -0.2) is 94.8 Å². The molecule has 53 heavy (non-hydrogen) atoms. The Morgan fingerprint density at radius 2 is 1.47 bits per heavy atom. The van der Waals surface area contributed by atoms with E-state index in [9.17, 15) is 14.4 Å². The molecule has 2 aliphatic rings. The number of piperazine rings is 1. The zero-order chi connectivity index (χ0) is 37.4. The van der Waals surface area contributed by atoms with Crippen LogP contribution in [0.5, 0.6) is 0 Å². The van der Waals surface area contributed by atoms with Gasteiger partial charge in [0.05, 0.1) is 0 Å². The molecule has 0 radical (unpaired) electrons. The number of ether oxygens (including phenoxy) is 1. The van der Waals surface area contributed by atoms with Crippen molar-refractivity contribution in [1.82, 2.24) is 36.2 Å². The van der Waals surface area contributed by atoms with Crippen molar-refractivity contribution < 1.29 is 19.1 Å². The molecule has 4 aromatic rings. The molecule has 280 valence electrons. The lowest BCUT2D eigenvalue weighted by atomic mass is 9.81. The molecule has 13 heteroatoms. The third-order valence-electron chi connectivity index (χ3n) is 10.0. The van der Waals surface area contributed by atoms with Crippen LogP contribution in [0.1, 0.15) is 52.0 Å². The number of rotatable bonds is 11. The number of aromatic amines is 1. The third kappa shape index (κ3) is 10.6. The number of aromatic nitrogens is 4. The lowest BCUT2D eigenvalue weighted by molar-refractivity contribution is -0.130. The Morgan fingerprint density at radius 1 is 0.849 bits per heavy atom. The summed E-state index contributed by atoms with van der Waals surface area (Å²) in [4.78, 5) is 44.3. The summed E-state index contributed by atoms with van der Waals surface area (Å²) in [5, 5.41) is 23.0. The largest absolute Gasteiger partial charge is 0.444 e. The number of anilines is 2. The molecule has 1 aliphatic heterocycles.